The number of hydrogen-bond acceptors (Lipinski definition) is 5. The van der Waals surface area contributed by atoms with Gasteiger partial charge in [-0.1, -0.05) is 23.9 Å². The largest absolute Gasteiger partial charge is 0.488 e. The summed E-state index contributed by atoms with van der Waals surface area (Å²) >= 11 is 1.17. The van der Waals surface area contributed by atoms with Gasteiger partial charge in [0.15, 0.2) is 5.12 Å². The minimum absolute atomic E-state index is 0.000758. The van der Waals surface area contributed by atoms with Gasteiger partial charge in [0.2, 0.25) is 5.91 Å². The van der Waals surface area contributed by atoms with E-state index in [0.29, 0.717) is 24.1 Å². The molecule has 1 saturated heterocycles. The van der Waals surface area contributed by atoms with Gasteiger partial charge in [0, 0.05) is 30.8 Å². The summed E-state index contributed by atoms with van der Waals surface area (Å²) in [4.78, 5) is 24.6. The zero-order valence-electron chi connectivity index (χ0n) is 10.4. The summed E-state index contributed by atoms with van der Waals surface area (Å²) in [5, 5.41) is 18.2. The molecule has 5 nitrogen and oxygen atoms in total. The van der Waals surface area contributed by atoms with Gasteiger partial charge in [0.25, 0.3) is 0 Å². The Hall–Kier alpha value is -1.31. The van der Waals surface area contributed by atoms with Crippen LogP contribution < -0.4 is 10.4 Å². The van der Waals surface area contributed by atoms with Crippen molar-refractivity contribution in [2.75, 3.05) is 11.4 Å². The minimum Gasteiger partial charge on any atom is -0.423 e. The van der Waals surface area contributed by atoms with Crippen LogP contribution in [-0.4, -0.2) is 40.0 Å². The highest BCUT2D eigenvalue weighted by molar-refractivity contribution is 8.14. The molecule has 1 aromatic rings. The van der Waals surface area contributed by atoms with E-state index < -0.39 is 7.12 Å². The predicted octanol–water partition coefficient (Wildman–Crippen LogP) is -0.249. The molecule has 7 heteroatoms. The van der Waals surface area contributed by atoms with Crippen LogP contribution in [0.1, 0.15) is 13.3 Å². The van der Waals surface area contributed by atoms with Crippen molar-refractivity contribution in [1.82, 2.24) is 0 Å². The third-order valence-electron chi connectivity index (χ3n) is 2.90. The minimum atomic E-state index is -1.56. The Kier molecular flexibility index (Phi) is 4.29. The molecule has 1 aliphatic rings. The van der Waals surface area contributed by atoms with Crippen LogP contribution in [-0.2, 0) is 9.59 Å². The first-order valence-corrected chi connectivity index (χ1v) is 6.79. The first-order chi connectivity index (χ1) is 8.97. The monoisotopic (exact) mass is 279 g/mol. The van der Waals surface area contributed by atoms with Crippen LogP contribution in [0.5, 0.6) is 0 Å². The molecule has 0 aromatic heterocycles. The Morgan fingerprint density at radius 3 is 2.84 bits per heavy atom. The van der Waals surface area contributed by atoms with E-state index in [4.69, 9.17) is 10.0 Å². The molecule has 100 valence electrons. The quantitative estimate of drug-likeness (QED) is 0.746. The molecule has 1 amide bonds. The van der Waals surface area contributed by atoms with Gasteiger partial charge in [0.1, 0.15) is 0 Å². The molecule has 1 aliphatic heterocycles. The fourth-order valence-corrected chi connectivity index (χ4v) is 3.01. The second-order valence-corrected chi connectivity index (χ2v) is 5.89. The molecular weight excluding hydrogens is 265 g/mol. The summed E-state index contributed by atoms with van der Waals surface area (Å²) in [5.41, 5.74) is 0.968. The van der Waals surface area contributed by atoms with Crippen LogP contribution in [0.3, 0.4) is 0 Å². The van der Waals surface area contributed by atoms with E-state index in [1.165, 1.54) is 18.7 Å². The maximum absolute atomic E-state index is 11.9. The van der Waals surface area contributed by atoms with Crippen molar-refractivity contribution in [2.24, 2.45) is 0 Å². The molecule has 2 rings (SSSR count). The van der Waals surface area contributed by atoms with Gasteiger partial charge in [-0.2, -0.15) is 0 Å². The number of anilines is 1. The number of hydrogen-bond donors (Lipinski definition) is 2. The fraction of sp³-hybridized carbons (Fsp3) is 0.333. The number of carbonyl (C=O) groups is 2. The van der Waals surface area contributed by atoms with E-state index in [9.17, 15) is 9.59 Å². The van der Waals surface area contributed by atoms with E-state index in [-0.39, 0.29) is 16.3 Å². The van der Waals surface area contributed by atoms with Crippen molar-refractivity contribution in [3.05, 3.63) is 24.3 Å². The average molecular weight is 279 g/mol. The second-order valence-electron chi connectivity index (χ2n) is 4.41. The number of benzene rings is 1. The number of carbonyl (C=O) groups excluding carboxylic acids is 2. The molecule has 0 spiro atoms. The molecule has 1 aromatic carbocycles. The predicted molar refractivity (Wildman–Crippen MR) is 75.3 cm³/mol. The lowest BCUT2D eigenvalue weighted by atomic mass is 9.80. The van der Waals surface area contributed by atoms with E-state index in [2.05, 4.69) is 0 Å². The molecule has 2 N–H and O–H groups in total. The Balaban J connectivity index is 2.16. The maximum Gasteiger partial charge on any atom is 0.488 e. The van der Waals surface area contributed by atoms with Gasteiger partial charge >= 0.3 is 7.12 Å². The van der Waals surface area contributed by atoms with E-state index in [1.54, 1.807) is 29.2 Å². The molecule has 1 heterocycles. The van der Waals surface area contributed by atoms with Gasteiger partial charge < -0.3 is 14.9 Å². The standard InChI is InChI=1S/C12H14BNO4S/c1-8(15)19-11-6-12(16)14(7-11)10-4-2-3-9(5-10)13(17)18/h2-5,11,17-18H,6-7H2,1H3. The Bertz CT molecular complexity index is 508. The van der Waals surface area contributed by atoms with Crippen molar-refractivity contribution in [2.45, 2.75) is 18.6 Å². The zero-order chi connectivity index (χ0) is 14.0. The lowest BCUT2D eigenvalue weighted by molar-refractivity contribution is -0.117. The molecule has 1 atom stereocenters. The van der Waals surface area contributed by atoms with Gasteiger partial charge in [-0.05, 0) is 17.6 Å². The normalized spacial score (nSPS) is 18.8. The Morgan fingerprint density at radius 2 is 2.21 bits per heavy atom. The van der Waals surface area contributed by atoms with Gasteiger partial charge in [-0.15, -0.1) is 0 Å². The smallest absolute Gasteiger partial charge is 0.423 e. The van der Waals surface area contributed by atoms with Crippen LogP contribution >= 0.6 is 11.8 Å². The van der Waals surface area contributed by atoms with Gasteiger partial charge in [0.05, 0.1) is 0 Å². The highest BCUT2D eigenvalue weighted by Crippen LogP contribution is 2.28. The fourth-order valence-electron chi connectivity index (χ4n) is 2.09. The molecule has 0 aliphatic carbocycles. The highest BCUT2D eigenvalue weighted by atomic mass is 32.2. The van der Waals surface area contributed by atoms with Crippen LogP contribution in [0, 0.1) is 0 Å². The summed E-state index contributed by atoms with van der Waals surface area (Å²) in [7, 11) is -1.56. The molecular formula is C12H14BNO4S. The molecule has 1 fully saturated rings. The Morgan fingerprint density at radius 1 is 1.47 bits per heavy atom. The molecule has 0 bridgehead atoms. The highest BCUT2D eigenvalue weighted by Gasteiger charge is 2.32. The summed E-state index contributed by atoms with van der Waals surface area (Å²) in [5.74, 6) is -0.0525. The number of nitrogens with zero attached hydrogens (tertiary/aromatic N) is 1. The lowest BCUT2D eigenvalue weighted by Crippen LogP contribution is -2.32. The van der Waals surface area contributed by atoms with E-state index >= 15 is 0 Å². The van der Waals surface area contributed by atoms with E-state index in [1.807, 2.05) is 0 Å². The van der Waals surface area contributed by atoms with Crippen LogP contribution in [0.15, 0.2) is 24.3 Å². The van der Waals surface area contributed by atoms with Crippen LogP contribution in [0.2, 0.25) is 0 Å². The van der Waals surface area contributed by atoms with Crippen molar-refractivity contribution < 1.29 is 19.6 Å². The summed E-state index contributed by atoms with van der Waals surface area (Å²) in [6.45, 7) is 1.95. The first kappa shape index (κ1) is 14.1. The van der Waals surface area contributed by atoms with Crippen molar-refractivity contribution >= 4 is 41.1 Å². The lowest BCUT2D eigenvalue weighted by Gasteiger charge is -2.17. The van der Waals surface area contributed by atoms with Crippen LogP contribution in [0.25, 0.3) is 0 Å². The van der Waals surface area contributed by atoms with Crippen LogP contribution in [0.4, 0.5) is 5.69 Å². The Labute approximate surface area is 115 Å². The molecule has 0 saturated carbocycles. The van der Waals surface area contributed by atoms with Crippen molar-refractivity contribution in [3.63, 3.8) is 0 Å². The van der Waals surface area contributed by atoms with Gasteiger partial charge in [-0.25, -0.2) is 0 Å². The third kappa shape index (κ3) is 3.37. The van der Waals surface area contributed by atoms with Crippen molar-refractivity contribution in [3.8, 4) is 0 Å². The second kappa shape index (κ2) is 5.77. The van der Waals surface area contributed by atoms with Crippen molar-refractivity contribution in [1.29, 1.82) is 0 Å². The van der Waals surface area contributed by atoms with E-state index in [0.717, 1.165) is 0 Å². The SMILES string of the molecule is CC(=O)SC1CC(=O)N(c2cccc(B(O)O)c2)C1. The summed E-state index contributed by atoms with van der Waals surface area (Å²) in [6.07, 6.45) is 0.330. The number of rotatable bonds is 3. The topological polar surface area (TPSA) is 77.8 Å². The molecule has 0 radical (unpaired) electrons. The van der Waals surface area contributed by atoms with Gasteiger partial charge in [-0.3, -0.25) is 9.59 Å². The summed E-state index contributed by atoms with van der Waals surface area (Å²) in [6, 6.07) is 6.56. The summed E-state index contributed by atoms with van der Waals surface area (Å²) < 4.78 is 0. The first-order valence-electron chi connectivity index (χ1n) is 5.91. The number of thioether (sulfide) groups is 1. The third-order valence-corrected chi connectivity index (χ3v) is 3.88. The number of amides is 1. The molecule has 1 unspecified atom stereocenters. The molecule has 19 heavy (non-hydrogen) atoms. The average Bonchev–Trinajstić information content (AvgIpc) is 2.69. The zero-order valence-corrected chi connectivity index (χ0v) is 11.3. The maximum atomic E-state index is 11.9.